The number of benzene rings is 1. The minimum Gasteiger partial charge on any atom is -0.481 e. The molecule has 170 valence electrons. The summed E-state index contributed by atoms with van der Waals surface area (Å²) in [6.07, 6.45) is 6.18. The van der Waals surface area contributed by atoms with Crippen molar-refractivity contribution < 1.29 is 23.1 Å². The van der Waals surface area contributed by atoms with Crippen LogP contribution in [0.25, 0.3) is 0 Å². The zero-order chi connectivity index (χ0) is 22.7. The number of ether oxygens (including phenoxy) is 1. The predicted molar refractivity (Wildman–Crippen MR) is 112 cm³/mol. The molecule has 2 aliphatic heterocycles. The van der Waals surface area contributed by atoms with Crippen LogP contribution in [0.3, 0.4) is 0 Å². The van der Waals surface area contributed by atoms with Gasteiger partial charge in [0, 0.05) is 31.9 Å². The summed E-state index contributed by atoms with van der Waals surface area (Å²) in [5.74, 6) is -1.65. The lowest BCUT2D eigenvalue weighted by molar-refractivity contribution is -0.134. The smallest absolute Gasteiger partial charge is 0.261 e. The van der Waals surface area contributed by atoms with Crippen LogP contribution in [0, 0.1) is 18.6 Å². The van der Waals surface area contributed by atoms with Gasteiger partial charge >= 0.3 is 0 Å². The molecule has 1 atom stereocenters. The van der Waals surface area contributed by atoms with E-state index in [1.165, 1.54) is 0 Å². The number of hydrogen-bond acceptors (Lipinski definition) is 5. The fourth-order valence-electron chi connectivity index (χ4n) is 4.27. The Morgan fingerprint density at radius 2 is 1.91 bits per heavy atom. The van der Waals surface area contributed by atoms with Gasteiger partial charge in [-0.3, -0.25) is 9.59 Å². The van der Waals surface area contributed by atoms with Crippen molar-refractivity contribution >= 4 is 11.8 Å². The third kappa shape index (κ3) is 4.71. The highest BCUT2D eigenvalue weighted by Gasteiger charge is 2.33. The van der Waals surface area contributed by atoms with Crippen molar-refractivity contribution in [2.75, 3.05) is 26.2 Å². The highest BCUT2D eigenvalue weighted by molar-refractivity contribution is 5.95. The first-order chi connectivity index (χ1) is 15.4. The van der Waals surface area contributed by atoms with Gasteiger partial charge < -0.3 is 14.5 Å². The summed E-state index contributed by atoms with van der Waals surface area (Å²) in [4.78, 5) is 38.0. The molecule has 2 saturated heterocycles. The average Bonchev–Trinajstić information content (AvgIpc) is 3.28. The van der Waals surface area contributed by atoms with Crippen LogP contribution >= 0.6 is 0 Å². The molecule has 9 heteroatoms. The van der Waals surface area contributed by atoms with E-state index in [2.05, 4.69) is 9.97 Å². The molecule has 2 aromatic rings. The summed E-state index contributed by atoms with van der Waals surface area (Å²) in [7, 11) is 0. The van der Waals surface area contributed by atoms with Crippen LogP contribution in [-0.4, -0.2) is 57.8 Å². The Bertz CT molecular complexity index is 1010. The molecule has 7 nitrogen and oxygen atoms in total. The van der Waals surface area contributed by atoms with Crippen LogP contribution < -0.4 is 4.74 Å². The van der Waals surface area contributed by atoms with E-state index >= 15 is 0 Å². The monoisotopic (exact) mass is 444 g/mol. The number of nitrogens with zero attached hydrogens (tertiary/aromatic N) is 4. The lowest BCUT2D eigenvalue weighted by Gasteiger charge is -2.27. The summed E-state index contributed by atoms with van der Waals surface area (Å²) in [6, 6.07) is 2.61. The molecule has 0 spiro atoms. The summed E-state index contributed by atoms with van der Waals surface area (Å²) >= 11 is 0. The molecule has 1 aromatic heterocycles. The van der Waals surface area contributed by atoms with Crippen LogP contribution in [0.5, 0.6) is 5.75 Å². The van der Waals surface area contributed by atoms with Crippen molar-refractivity contribution in [2.45, 2.75) is 45.1 Å². The molecule has 2 fully saturated rings. The predicted octanol–water partition coefficient (Wildman–Crippen LogP) is 3.43. The second kappa shape index (κ2) is 9.58. The van der Waals surface area contributed by atoms with Gasteiger partial charge in [0.25, 0.3) is 11.8 Å². The number of rotatable bonds is 5. The first-order valence-corrected chi connectivity index (χ1v) is 10.9. The minimum absolute atomic E-state index is 0.0529. The number of piperidine rings is 1. The van der Waals surface area contributed by atoms with Gasteiger partial charge in [-0.2, -0.15) is 0 Å². The van der Waals surface area contributed by atoms with E-state index < -0.39 is 11.6 Å². The van der Waals surface area contributed by atoms with Gasteiger partial charge in [0.05, 0.1) is 17.3 Å². The van der Waals surface area contributed by atoms with Gasteiger partial charge in [0.15, 0.2) is 24.0 Å². The molecule has 4 rings (SSSR count). The van der Waals surface area contributed by atoms with Gasteiger partial charge in [-0.15, -0.1) is 0 Å². The molecule has 0 aliphatic carbocycles. The average molecular weight is 444 g/mol. The zero-order valence-electron chi connectivity index (χ0n) is 18.0. The van der Waals surface area contributed by atoms with Crippen molar-refractivity contribution in [1.82, 2.24) is 19.8 Å². The zero-order valence-corrected chi connectivity index (χ0v) is 18.0. The second-order valence-electron chi connectivity index (χ2n) is 8.19. The number of aryl methyl sites for hydroxylation is 1. The lowest BCUT2D eigenvalue weighted by Crippen LogP contribution is -2.37. The minimum atomic E-state index is -0.858. The number of likely N-dealkylation sites (tertiary alicyclic amines) is 2. The van der Waals surface area contributed by atoms with E-state index in [0.29, 0.717) is 36.1 Å². The number of carbonyl (C=O) groups is 2. The molecule has 0 radical (unpaired) electrons. The number of halogens is 2. The molecular formula is C23H26F2N4O3. The Hall–Kier alpha value is -3.10. The summed E-state index contributed by atoms with van der Waals surface area (Å²) < 4.78 is 32.1. The van der Waals surface area contributed by atoms with Gasteiger partial charge in [-0.25, -0.2) is 18.7 Å². The summed E-state index contributed by atoms with van der Waals surface area (Å²) in [5.41, 5.74) is 1.08. The first kappa shape index (κ1) is 22.1. The van der Waals surface area contributed by atoms with Crippen molar-refractivity contribution in [3.8, 4) is 5.75 Å². The van der Waals surface area contributed by atoms with Crippen molar-refractivity contribution in [3.05, 3.63) is 53.1 Å². The molecule has 0 N–H and O–H groups in total. The van der Waals surface area contributed by atoms with E-state index in [9.17, 15) is 18.4 Å². The number of aromatic nitrogens is 2. The van der Waals surface area contributed by atoms with Gasteiger partial charge in [-0.1, -0.05) is 0 Å². The van der Waals surface area contributed by atoms with Gasteiger partial charge in [0.1, 0.15) is 5.82 Å². The SMILES string of the molecule is Cc1nc([C@H]2CCCN2C(=O)COc2ccc(F)cc2F)ncc1C(=O)N1CCCCC1. The Morgan fingerprint density at radius 1 is 1.12 bits per heavy atom. The maximum atomic E-state index is 13.8. The molecule has 0 unspecified atom stereocenters. The van der Waals surface area contributed by atoms with Crippen molar-refractivity contribution in [3.63, 3.8) is 0 Å². The summed E-state index contributed by atoms with van der Waals surface area (Å²) in [6.45, 7) is 3.42. The van der Waals surface area contributed by atoms with Crippen molar-refractivity contribution in [1.29, 1.82) is 0 Å². The quantitative estimate of drug-likeness (QED) is 0.706. The van der Waals surface area contributed by atoms with Crippen LogP contribution in [-0.2, 0) is 4.79 Å². The first-order valence-electron chi connectivity index (χ1n) is 10.9. The fourth-order valence-corrected chi connectivity index (χ4v) is 4.27. The fraction of sp³-hybridized carbons (Fsp3) is 0.478. The highest BCUT2D eigenvalue weighted by Crippen LogP contribution is 2.30. The molecule has 2 amide bonds. The molecule has 0 bridgehead atoms. The van der Waals surface area contributed by atoms with Gasteiger partial charge in [0.2, 0.25) is 0 Å². The Kier molecular flexibility index (Phi) is 6.62. The number of carbonyl (C=O) groups excluding carboxylic acids is 2. The second-order valence-corrected chi connectivity index (χ2v) is 8.19. The maximum absolute atomic E-state index is 13.8. The third-order valence-electron chi connectivity index (χ3n) is 5.99. The van der Waals surface area contributed by atoms with Crippen molar-refractivity contribution in [2.24, 2.45) is 0 Å². The Labute approximate surface area is 185 Å². The topological polar surface area (TPSA) is 75.6 Å². The molecule has 32 heavy (non-hydrogen) atoms. The van der Waals surface area contributed by atoms with Crippen LogP contribution in [0.1, 0.15) is 60.0 Å². The van der Waals surface area contributed by atoms with E-state index in [4.69, 9.17) is 4.74 Å². The molecule has 0 saturated carbocycles. The molecule has 2 aliphatic rings. The largest absolute Gasteiger partial charge is 0.481 e. The van der Waals surface area contributed by atoms with Crippen LogP contribution in [0.4, 0.5) is 8.78 Å². The van der Waals surface area contributed by atoms with Crippen LogP contribution in [0.15, 0.2) is 24.4 Å². The van der Waals surface area contributed by atoms with E-state index in [0.717, 1.165) is 50.9 Å². The standard InChI is InChI=1S/C23H26F2N4O3/c1-15-17(23(31)28-9-3-2-4-10-28)13-26-22(27-15)19-6-5-11-29(19)21(30)14-32-20-8-7-16(24)12-18(20)25/h7-8,12-13,19H,2-6,9-11,14H2,1H3/t19-/m1/s1. The molecular weight excluding hydrogens is 418 g/mol. The normalized spacial score (nSPS) is 18.7. The van der Waals surface area contributed by atoms with E-state index in [1.807, 2.05) is 4.90 Å². The lowest BCUT2D eigenvalue weighted by atomic mass is 10.1. The van der Waals surface area contributed by atoms with Gasteiger partial charge in [-0.05, 0) is 51.2 Å². The van der Waals surface area contributed by atoms with Crippen LogP contribution in [0.2, 0.25) is 0 Å². The number of amides is 2. The maximum Gasteiger partial charge on any atom is 0.261 e. The third-order valence-corrected chi connectivity index (χ3v) is 5.99. The molecule has 1 aromatic carbocycles. The molecule has 3 heterocycles. The highest BCUT2D eigenvalue weighted by atomic mass is 19.1. The summed E-state index contributed by atoms with van der Waals surface area (Å²) in [5, 5.41) is 0. The Balaban J connectivity index is 1.43. The van der Waals surface area contributed by atoms with E-state index in [-0.39, 0.29) is 30.2 Å². The number of hydrogen-bond donors (Lipinski definition) is 0. The van der Waals surface area contributed by atoms with E-state index in [1.54, 1.807) is 18.0 Å². The Morgan fingerprint density at radius 3 is 2.62 bits per heavy atom.